The zero-order valence-electron chi connectivity index (χ0n) is 14.7. The summed E-state index contributed by atoms with van der Waals surface area (Å²) < 4.78 is 13.0. The summed E-state index contributed by atoms with van der Waals surface area (Å²) >= 11 is 5.86. The Morgan fingerprint density at radius 3 is 2.48 bits per heavy atom. The average Bonchev–Trinajstić information content (AvgIpc) is 2.65. The summed E-state index contributed by atoms with van der Waals surface area (Å²) in [6, 6.07) is 14.9. The topological polar surface area (TPSA) is 66.9 Å². The van der Waals surface area contributed by atoms with Crippen molar-refractivity contribution < 1.29 is 9.18 Å². The second-order valence-corrected chi connectivity index (χ2v) is 6.42. The van der Waals surface area contributed by atoms with E-state index in [-0.39, 0.29) is 23.4 Å². The number of benzene rings is 2. The normalized spacial score (nSPS) is 10.5. The standard InChI is InChI=1S/C20H18ClFN4O/c1-13-12-18(19(27)23-11-10-14-2-4-15(21)5-3-14)26-20(24-13)25-17-8-6-16(22)7-9-17/h2-9,12H,10-11H2,1H3,(H,23,27)(H,24,25,26). The van der Waals surface area contributed by atoms with Gasteiger partial charge in [-0.2, -0.15) is 0 Å². The summed E-state index contributed by atoms with van der Waals surface area (Å²) in [6.45, 7) is 2.26. The number of aromatic nitrogens is 2. The lowest BCUT2D eigenvalue weighted by Gasteiger charge is -2.09. The molecule has 3 rings (SSSR count). The average molecular weight is 385 g/mol. The van der Waals surface area contributed by atoms with E-state index < -0.39 is 0 Å². The molecule has 2 N–H and O–H groups in total. The lowest BCUT2D eigenvalue weighted by molar-refractivity contribution is 0.0949. The summed E-state index contributed by atoms with van der Waals surface area (Å²) in [5.74, 6) is -0.326. The smallest absolute Gasteiger partial charge is 0.270 e. The van der Waals surface area contributed by atoms with Crippen molar-refractivity contribution in [3.05, 3.63) is 82.4 Å². The molecule has 7 heteroatoms. The number of rotatable bonds is 6. The van der Waals surface area contributed by atoms with Crippen LogP contribution in [0.1, 0.15) is 21.7 Å². The minimum atomic E-state index is -0.327. The van der Waals surface area contributed by atoms with E-state index in [0.717, 1.165) is 5.56 Å². The molecule has 1 heterocycles. The van der Waals surface area contributed by atoms with Gasteiger partial charge in [-0.25, -0.2) is 14.4 Å². The summed E-state index contributed by atoms with van der Waals surface area (Å²) in [4.78, 5) is 20.9. The van der Waals surface area contributed by atoms with Crippen molar-refractivity contribution in [3.63, 3.8) is 0 Å². The fourth-order valence-electron chi connectivity index (χ4n) is 2.47. The van der Waals surface area contributed by atoms with Crippen LogP contribution in [0, 0.1) is 12.7 Å². The molecule has 138 valence electrons. The quantitative estimate of drug-likeness (QED) is 0.665. The van der Waals surface area contributed by atoms with Crippen LogP contribution >= 0.6 is 11.6 Å². The third-order valence-electron chi connectivity index (χ3n) is 3.80. The molecule has 3 aromatic rings. The Hall–Kier alpha value is -2.99. The van der Waals surface area contributed by atoms with Crippen LogP contribution in [0.15, 0.2) is 54.6 Å². The third kappa shape index (κ3) is 5.49. The molecule has 0 aliphatic carbocycles. The Kier molecular flexibility index (Phi) is 5.98. The van der Waals surface area contributed by atoms with E-state index in [9.17, 15) is 9.18 Å². The minimum Gasteiger partial charge on any atom is -0.350 e. The van der Waals surface area contributed by atoms with Crippen molar-refractivity contribution in [2.24, 2.45) is 0 Å². The number of carbonyl (C=O) groups is 1. The molecule has 0 fully saturated rings. The molecule has 1 amide bonds. The van der Waals surface area contributed by atoms with E-state index in [0.29, 0.717) is 29.4 Å². The molecule has 0 aliphatic heterocycles. The van der Waals surface area contributed by atoms with Crippen molar-refractivity contribution >= 4 is 29.1 Å². The highest BCUT2D eigenvalue weighted by Gasteiger charge is 2.10. The van der Waals surface area contributed by atoms with Gasteiger partial charge >= 0.3 is 0 Å². The van der Waals surface area contributed by atoms with Crippen molar-refractivity contribution in [3.8, 4) is 0 Å². The van der Waals surface area contributed by atoms with Gasteiger partial charge < -0.3 is 10.6 Å². The highest BCUT2D eigenvalue weighted by Crippen LogP contribution is 2.14. The van der Waals surface area contributed by atoms with Gasteiger partial charge in [-0.3, -0.25) is 4.79 Å². The number of nitrogens with zero attached hydrogens (tertiary/aromatic N) is 2. The fraction of sp³-hybridized carbons (Fsp3) is 0.150. The molecule has 0 spiro atoms. The number of nitrogens with one attached hydrogen (secondary N) is 2. The zero-order valence-corrected chi connectivity index (χ0v) is 15.4. The Morgan fingerprint density at radius 2 is 1.78 bits per heavy atom. The summed E-state index contributed by atoms with van der Waals surface area (Å²) in [5.41, 5.74) is 2.63. The molecule has 0 radical (unpaired) electrons. The number of halogens is 2. The van der Waals surface area contributed by atoms with Crippen molar-refractivity contribution in [1.29, 1.82) is 0 Å². The van der Waals surface area contributed by atoms with E-state index >= 15 is 0 Å². The zero-order chi connectivity index (χ0) is 19.2. The van der Waals surface area contributed by atoms with Crippen molar-refractivity contribution in [2.75, 3.05) is 11.9 Å². The van der Waals surface area contributed by atoms with Crippen LogP contribution in [0.25, 0.3) is 0 Å². The van der Waals surface area contributed by atoms with Gasteiger partial charge in [0.25, 0.3) is 5.91 Å². The monoisotopic (exact) mass is 384 g/mol. The predicted molar refractivity (Wildman–Crippen MR) is 104 cm³/mol. The predicted octanol–water partition coefficient (Wildman–Crippen LogP) is 4.29. The van der Waals surface area contributed by atoms with Gasteiger partial charge in [-0.05, 0) is 61.4 Å². The molecule has 0 bridgehead atoms. The SMILES string of the molecule is Cc1cc(C(=O)NCCc2ccc(Cl)cc2)nc(Nc2ccc(F)cc2)n1. The molecule has 0 aliphatic rings. The van der Waals surface area contributed by atoms with Crippen LogP contribution in [0.3, 0.4) is 0 Å². The van der Waals surface area contributed by atoms with Crippen molar-refractivity contribution in [2.45, 2.75) is 13.3 Å². The van der Waals surface area contributed by atoms with Gasteiger partial charge in [0, 0.05) is 22.9 Å². The van der Waals surface area contributed by atoms with Gasteiger partial charge in [0.15, 0.2) is 0 Å². The Bertz CT molecular complexity index is 930. The minimum absolute atomic E-state index is 0.267. The molecule has 0 unspecified atom stereocenters. The second-order valence-electron chi connectivity index (χ2n) is 5.98. The maximum atomic E-state index is 13.0. The summed E-state index contributed by atoms with van der Waals surface area (Å²) in [6.07, 6.45) is 0.688. The molecular weight excluding hydrogens is 367 g/mol. The molecule has 0 atom stereocenters. The fourth-order valence-corrected chi connectivity index (χ4v) is 2.59. The molecule has 0 saturated heterocycles. The van der Waals surface area contributed by atoms with Gasteiger partial charge in [0.05, 0.1) is 0 Å². The van der Waals surface area contributed by atoms with Crippen LogP contribution in [0.4, 0.5) is 16.0 Å². The molecule has 1 aromatic heterocycles. The first-order valence-corrected chi connectivity index (χ1v) is 8.78. The van der Waals surface area contributed by atoms with E-state index in [1.807, 2.05) is 24.3 Å². The molecular formula is C20H18ClFN4O. The van der Waals surface area contributed by atoms with Crippen LogP contribution in [-0.2, 0) is 6.42 Å². The van der Waals surface area contributed by atoms with E-state index in [2.05, 4.69) is 20.6 Å². The molecule has 0 saturated carbocycles. The number of anilines is 2. The number of amides is 1. The van der Waals surface area contributed by atoms with Gasteiger partial charge in [-0.1, -0.05) is 23.7 Å². The van der Waals surface area contributed by atoms with Crippen molar-refractivity contribution in [1.82, 2.24) is 15.3 Å². The van der Waals surface area contributed by atoms with E-state index in [4.69, 9.17) is 11.6 Å². The highest BCUT2D eigenvalue weighted by molar-refractivity contribution is 6.30. The summed E-state index contributed by atoms with van der Waals surface area (Å²) in [7, 11) is 0. The van der Waals surface area contributed by atoms with Crippen LogP contribution in [0.5, 0.6) is 0 Å². The first-order valence-electron chi connectivity index (χ1n) is 8.40. The Balaban J connectivity index is 1.63. The Labute approximate surface area is 161 Å². The number of hydrogen-bond donors (Lipinski definition) is 2. The highest BCUT2D eigenvalue weighted by atomic mass is 35.5. The van der Waals surface area contributed by atoms with Gasteiger partial charge in [0.2, 0.25) is 5.95 Å². The molecule has 27 heavy (non-hydrogen) atoms. The lowest BCUT2D eigenvalue weighted by atomic mass is 10.1. The van der Waals surface area contributed by atoms with E-state index in [1.54, 1.807) is 25.1 Å². The van der Waals surface area contributed by atoms with Crippen LogP contribution in [0.2, 0.25) is 5.02 Å². The molecule has 2 aromatic carbocycles. The number of hydrogen-bond acceptors (Lipinski definition) is 4. The third-order valence-corrected chi connectivity index (χ3v) is 4.05. The molecule has 5 nitrogen and oxygen atoms in total. The largest absolute Gasteiger partial charge is 0.350 e. The number of carbonyl (C=O) groups excluding carboxylic acids is 1. The first kappa shape index (κ1) is 18.8. The van der Waals surface area contributed by atoms with E-state index in [1.165, 1.54) is 12.1 Å². The maximum Gasteiger partial charge on any atom is 0.270 e. The number of aryl methyl sites for hydroxylation is 1. The maximum absolute atomic E-state index is 13.0. The van der Waals surface area contributed by atoms with Crippen LogP contribution < -0.4 is 10.6 Å². The first-order chi connectivity index (χ1) is 13.0. The van der Waals surface area contributed by atoms with Gasteiger partial charge in [0.1, 0.15) is 11.5 Å². The Morgan fingerprint density at radius 1 is 1.07 bits per heavy atom. The second kappa shape index (κ2) is 8.60. The lowest BCUT2D eigenvalue weighted by Crippen LogP contribution is -2.27. The van der Waals surface area contributed by atoms with Crippen LogP contribution in [-0.4, -0.2) is 22.4 Å². The van der Waals surface area contributed by atoms with Gasteiger partial charge in [-0.15, -0.1) is 0 Å². The summed E-state index contributed by atoms with van der Waals surface area (Å²) in [5, 5.41) is 6.50.